The van der Waals surface area contributed by atoms with E-state index in [2.05, 4.69) is 16.1 Å². The van der Waals surface area contributed by atoms with E-state index >= 15 is 0 Å². The Labute approximate surface area is 173 Å². The number of amides is 1. The van der Waals surface area contributed by atoms with Gasteiger partial charge in [-0.15, -0.1) is 11.8 Å². The summed E-state index contributed by atoms with van der Waals surface area (Å²) in [6, 6.07) is 13.5. The summed E-state index contributed by atoms with van der Waals surface area (Å²) >= 11 is 7.53. The number of nitriles is 1. The van der Waals surface area contributed by atoms with E-state index in [0.29, 0.717) is 17.9 Å². The van der Waals surface area contributed by atoms with Gasteiger partial charge in [0.25, 0.3) is 5.91 Å². The van der Waals surface area contributed by atoms with Crippen LogP contribution in [0.2, 0.25) is 5.02 Å². The molecule has 3 rings (SSSR count). The largest absolute Gasteiger partial charge is 0.321 e. The average molecular weight is 436 g/mol. The number of halogens is 1. The quantitative estimate of drug-likeness (QED) is 0.481. The molecular weight excluding hydrogens is 418 g/mol. The zero-order valence-corrected chi connectivity index (χ0v) is 17.2. The van der Waals surface area contributed by atoms with Gasteiger partial charge in [0.15, 0.2) is 0 Å². The first-order chi connectivity index (χ1) is 13.4. The number of nitrogens with one attached hydrogen (secondary N) is 2. The highest BCUT2D eigenvalue weighted by atomic mass is 35.5. The Kier molecular flexibility index (Phi) is 6.62. The van der Waals surface area contributed by atoms with E-state index in [4.69, 9.17) is 16.9 Å². The fourth-order valence-electron chi connectivity index (χ4n) is 2.43. The van der Waals surface area contributed by atoms with Gasteiger partial charge >= 0.3 is 0 Å². The van der Waals surface area contributed by atoms with Crippen LogP contribution in [0.5, 0.6) is 0 Å². The lowest BCUT2D eigenvalue weighted by atomic mass is 10.2. The van der Waals surface area contributed by atoms with Crippen LogP contribution < -0.4 is 10.0 Å². The Morgan fingerprint density at radius 1 is 1.25 bits per heavy atom. The molecule has 1 amide bonds. The second-order valence-corrected chi connectivity index (χ2v) is 9.47. The smallest absolute Gasteiger partial charge is 0.255 e. The van der Waals surface area contributed by atoms with E-state index in [1.54, 1.807) is 12.1 Å². The predicted octanol–water partition coefficient (Wildman–Crippen LogP) is 4.04. The van der Waals surface area contributed by atoms with Crippen LogP contribution in [-0.4, -0.2) is 26.1 Å². The second-order valence-electron chi connectivity index (χ2n) is 6.25. The number of thioether (sulfide) groups is 1. The Morgan fingerprint density at radius 3 is 2.71 bits per heavy atom. The average Bonchev–Trinajstić information content (AvgIpc) is 3.46. The molecule has 1 saturated carbocycles. The summed E-state index contributed by atoms with van der Waals surface area (Å²) in [5.41, 5.74) is 0.795. The summed E-state index contributed by atoms with van der Waals surface area (Å²) < 4.78 is 27.5. The number of hydrogen-bond acceptors (Lipinski definition) is 5. The summed E-state index contributed by atoms with van der Waals surface area (Å²) in [5, 5.41) is 11.6. The lowest BCUT2D eigenvalue weighted by Gasteiger charge is -2.12. The van der Waals surface area contributed by atoms with E-state index in [-0.39, 0.29) is 21.5 Å². The molecule has 0 aromatic heterocycles. The highest BCUT2D eigenvalue weighted by molar-refractivity contribution is 7.99. The highest BCUT2D eigenvalue weighted by Gasteiger charge is 2.29. The van der Waals surface area contributed by atoms with Crippen LogP contribution in [0, 0.1) is 11.3 Å². The normalized spacial score (nSPS) is 13.7. The van der Waals surface area contributed by atoms with Gasteiger partial charge in [-0.05, 0) is 43.2 Å². The standard InChI is InChI=1S/C19H18ClN3O3S2/c20-15-9-6-13(12-18(15)28(25,26)23-14-7-8-14)19(24)22-16-4-1-2-5-17(16)27-11-3-10-21/h1-2,4-6,9,12,14,23H,3,7-8,11H2,(H,22,24). The van der Waals surface area contributed by atoms with Crippen molar-refractivity contribution in [1.29, 1.82) is 5.26 Å². The Bertz CT molecular complexity index is 1030. The van der Waals surface area contributed by atoms with Crippen LogP contribution in [0.4, 0.5) is 5.69 Å². The third-order valence-corrected chi connectivity index (χ3v) is 7.07. The number of carbonyl (C=O) groups is 1. The number of nitrogens with zero attached hydrogens (tertiary/aromatic N) is 1. The molecule has 0 heterocycles. The molecule has 0 bridgehead atoms. The van der Waals surface area contributed by atoms with Gasteiger partial charge in [0, 0.05) is 28.7 Å². The van der Waals surface area contributed by atoms with Crippen molar-refractivity contribution >= 4 is 45.0 Å². The molecule has 1 aliphatic rings. The predicted molar refractivity (Wildman–Crippen MR) is 110 cm³/mol. The van der Waals surface area contributed by atoms with Crippen molar-refractivity contribution in [1.82, 2.24) is 4.72 Å². The molecule has 0 atom stereocenters. The SMILES string of the molecule is N#CCCSc1ccccc1NC(=O)c1ccc(Cl)c(S(=O)(=O)NC2CC2)c1. The van der Waals surface area contributed by atoms with Gasteiger partial charge in [-0.25, -0.2) is 13.1 Å². The minimum Gasteiger partial charge on any atom is -0.321 e. The van der Waals surface area contributed by atoms with Crippen molar-refractivity contribution in [2.45, 2.75) is 35.1 Å². The fraction of sp³-hybridized carbons (Fsp3) is 0.263. The highest BCUT2D eigenvalue weighted by Crippen LogP contribution is 2.29. The van der Waals surface area contributed by atoms with Gasteiger partial charge in [-0.1, -0.05) is 23.7 Å². The van der Waals surface area contributed by atoms with Crippen LogP contribution in [-0.2, 0) is 10.0 Å². The van der Waals surface area contributed by atoms with E-state index in [9.17, 15) is 13.2 Å². The molecule has 1 fully saturated rings. The zero-order chi connectivity index (χ0) is 20.1. The van der Waals surface area contributed by atoms with Gasteiger partial charge in [-0.2, -0.15) is 5.26 Å². The topological polar surface area (TPSA) is 99.1 Å². The van der Waals surface area contributed by atoms with E-state index in [1.807, 2.05) is 12.1 Å². The number of rotatable bonds is 8. The molecule has 146 valence electrons. The van der Waals surface area contributed by atoms with Crippen LogP contribution in [0.1, 0.15) is 29.6 Å². The number of sulfonamides is 1. The van der Waals surface area contributed by atoms with Crippen molar-refractivity contribution in [3.8, 4) is 6.07 Å². The number of carbonyl (C=O) groups excluding carboxylic acids is 1. The fourth-order valence-corrected chi connectivity index (χ4v) is 5.12. The molecule has 1 aliphatic carbocycles. The van der Waals surface area contributed by atoms with Crippen molar-refractivity contribution in [2.75, 3.05) is 11.1 Å². The van der Waals surface area contributed by atoms with Crippen LogP contribution >= 0.6 is 23.4 Å². The minimum absolute atomic E-state index is 0.0594. The summed E-state index contributed by atoms with van der Waals surface area (Å²) in [6.45, 7) is 0. The number of hydrogen-bond donors (Lipinski definition) is 2. The first-order valence-corrected chi connectivity index (χ1v) is 11.5. The van der Waals surface area contributed by atoms with Crippen LogP contribution in [0.3, 0.4) is 0 Å². The number of anilines is 1. The Morgan fingerprint density at radius 2 is 2.00 bits per heavy atom. The molecule has 2 aromatic carbocycles. The summed E-state index contributed by atoms with van der Waals surface area (Å²) in [4.78, 5) is 13.4. The Balaban J connectivity index is 1.80. The maximum atomic E-state index is 12.7. The minimum atomic E-state index is -3.78. The summed E-state index contributed by atoms with van der Waals surface area (Å²) in [6.07, 6.45) is 2.01. The van der Waals surface area contributed by atoms with E-state index in [0.717, 1.165) is 17.7 Å². The molecule has 0 unspecified atom stereocenters. The third-order valence-electron chi connectivity index (χ3n) is 3.99. The lowest BCUT2D eigenvalue weighted by Crippen LogP contribution is -2.26. The molecule has 0 spiro atoms. The third kappa shape index (κ3) is 5.26. The van der Waals surface area contributed by atoms with E-state index in [1.165, 1.54) is 30.0 Å². The summed E-state index contributed by atoms with van der Waals surface area (Å²) in [7, 11) is -3.78. The van der Waals surface area contributed by atoms with Gasteiger partial charge in [0.1, 0.15) is 4.90 Å². The van der Waals surface area contributed by atoms with Crippen LogP contribution in [0.15, 0.2) is 52.3 Å². The van der Waals surface area contributed by atoms with E-state index < -0.39 is 15.9 Å². The molecule has 0 saturated heterocycles. The maximum absolute atomic E-state index is 12.7. The van der Waals surface area contributed by atoms with Crippen molar-refractivity contribution in [3.05, 3.63) is 53.1 Å². The van der Waals surface area contributed by atoms with Crippen LogP contribution in [0.25, 0.3) is 0 Å². The number of para-hydroxylation sites is 1. The molecule has 0 radical (unpaired) electrons. The first-order valence-electron chi connectivity index (χ1n) is 8.63. The maximum Gasteiger partial charge on any atom is 0.255 e. The molecule has 6 nitrogen and oxygen atoms in total. The summed E-state index contributed by atoms with van der Waals surface area (Å²) in [5.74, 6) is 0.174. The van der Waals surface area contributed by atoms with Crippen molar-refractivity contribution in [2.24, 2.45) is 0 Å². The molecular formula is C19H18ClN3O3S2. The monoisotopic (exact) mass is 435 g/mol. The molecule has 28 heavy (non-hydrogen) atoms. The lowest BCUT2D eigenvalue weighted by molar-refractivity contribution is 0.102. The molecule has 9 heteroatoms. The van der Waals surface area contributed by atoms with Crippen molar-refractivity contribution in [3.63, 3.8) is 0 Å². The molecule has 2 aromatic rings. The second kappa shape index (κ2) is 8.97. The Hall–Kier alpha value is -2.05. The van der Waals surface area contributed by atoms with Gasteiger partial charge in [0.05, 0.1) is 16.8 Å². The van der Waals surface area contributed by atoms with Crippen molar-refractivity contribution < 1.29 is 13.2 Å². The van der Waals surface area contributed by atoms with Gasteiger partial charge in [0.2, 0.25) is 10.0 Å². The van der Waals surface area contributed by atoms with Gasteiger partial charge in [-0.3, -0.25) is 4.79 Å². The molecule has 2 N–H and O–H groups in total. The molecule has 0 aliphatic heterocycles. The first kappa shape index (κ1) is 20.7. The van der Waals surface area contributed by atoms with Gasteiger partial charge < -0.3 is 5.32 Å². The number of benzene rings is 2. The zero-order valence-electron chi connectivity index (χ0n) is 14.8.